The molecule has 0 unspecified atom stereocenters. The number of hydrogen-bond donors (Lipinski definition) is 0. The molecule has 0 rings (SSSR count). The number of unbranched alkanes of at least 4 members (excludes halogenated alkanes) is 2. The maximum atomic E-state index is 4.96. The number of hydrogen-bond acceptors (Lipinski definition) is 0. The van der Waals surface area contributed by atoms with E-state index in [-0.39, 0.29) is 20.3 Å². The van der Waals surface area contributed by atoms with Gasteiger partial charge in [0.15, 0.2) is 0 Å². The summed E-state index contributed by atoms with van der Waals surface area (Å²) < 4.78 is 0. The van der Waals surface area contributed by atoms with Crippen molar-refractivity contribution >= 4 is 0 Å². The minimum Gasteiger partial charge on any atom is -1.00 e. The van der Waals surface area contributed by atoms with Crippen LogP contribution in [0.4, 0.5) is 0 Å². The summed E-state index contributed by atoms with van der Waals surface area (Å²) in [7, 11) is 0. The first kappa shape index (κ1) is 10.2. The van der Waals surface area contributed by atoms with Gasteiger partial charge in [-0.1, -0.05) is 13.3 Å². The molecule has 7 heavy (non-hydrogen) atoms. The molecule has 0 aromatic heterocycles. The summed E-state index contributed by atoms with van der Waals surface area (Å²) in [6, 6.07) is 0. The molecule has 0 N–H and O–H groups in total. The van der Waals surface area contributed by atoms with Crippen molar-refractivity contribution in [3.8, 4) is 12.3 Å². The minimum absolute atomic E-state index is 0. The molecule has 1 heteroatoms. The first-order valence-corrected chi connectivity index (χ1v) is 2.35. The molecule has 0 fully saturated rings. The van der Waals surface area contributed by atoms with Gasteiger partial charge in [0.1, 0.15) is 0 Å². The fraction of sp³-hybridized carbons (Fsp3) is 0.667. The van der Waals surface area contributed by atoms with Crippen LogP contribution in [0.3, 0.4) is 0 Å². The number of terminal acetylenes is 1. The van der Waals surface area contributed by atoms with Crippen LogP contribution in [0.2, 0.25) is 0 Å². The van der Waals surface area contributed by atoms with Crippen LogP contribution < -0.4 is 18.9 Å². The molecule has 0 amide bonds. The second kappa shape index (κ2) is 9.48. The molecular weight excluding hydrogens is 79.0 g/mol. The third kappa shape index (κ3) is 10.7. The van der Waals surface area contributed by atoms with E-state index >= 15 is 0 Å². The smallest absolute Gasteiger partial charge is 1.00 e. The monoisotopic (exact) mass is 90.1 g/mol. The van der Waals surface area contributed by atoms with Gasteiger partial charge in [0.2, 0.25) is 0 Å². The fourth-order valence-corrected chi connectivity index (χ4v) is 0.279. The van der Waals surface area contributed by atoms with Crippen LogP contribution in [0.25, 0.3) is 0 Å². The average Bonchev–Trinajstić information content (AvgIpc) is 1.61. The van der Waals surface area contributed by atoms with Gasteiger partial charge in [-0.25, -0.2) is 0 Å². The molecule has 0 aromatic carbocycles. The molecular formula is C6H11Li. The Hall–Kier alpha value is 0.157. The molecule has 0 saturated heterocycles. The molecule has 0 nitrogen and oxygen atoms in total. The van der Waals surface area contributed by atoms with Crippen molar-refractivity contribution in [3.63, 3.8) is 0 Å². The van der Waals surface area contributed by atoms with Crippen molar-refractivity contribution in [2.24, 2.45) is 0 Å². The average molecular weight is 90.1 g/mol. The first-order chi connectivity index (χ1) is 2.91. The summed E-state index contributed by atoms with van der Waals surface area (Å²) in [5.74, 6) is 2.57. The van der Waals surface area contributed by atoms with E-state index in [9.17, 15) is 0 Å². The van der Waals surface area contributed by atoms with Crippen molar-refractivity contribution in [2.45, 2.75) is 26.2 Å². The van der Waals surface area contributed by atoms with E-state index < -0.39 is 0 Å². The molecule has 0 aliphatic heterocycles. The Balaban J connectivity index is -0.000000125. The van der Waals surface area contributed by atoms with Crippen LogP contribution in [0.1, 0.15) is 27.6 Å². The van der Waals surface area contributed by atoms with E-state index in [1.807, 2.05) is 0 Å². The van der Waals surface area contributed by atoms with Gasteiger partial charge in [0.25, 0.3) is 0 Å². The van der Waals surface area contributed by atoms with Crippen molar-refractivity contribution < 1.29 is 20.3 Å². The molecule has 0 spiro atoms. The maximum Gasteiger partial charge on any atom is 1.00 e. The van der Waals surface area contributed by atoms with Crippen molar-refractivity contribution in [3.05, 3.63) is 0 Å². The van der Waals surface area contributed by atoms with Crippen LogP contribution >= 0.6 is 0 Å². The quantitative estimate of drug-likeness (QED) is 0.230. The normalized spacial score (nSPS) is 6.29. The van der Waals surface area contributed by atoms with E-state index in [4.69, 9.17) is 6.42 Å². The van der Waals surface area contributed by atoms with Crippen LogP contribution in [-0.2, 0) is 0 Å². The van der Waals surface area contributed by atoms with E-state index in [1.54, 1.807) is 0 Å². The van der Waals surface area contributed by atoms with Gasteiger partial charge in [0, 0.05) is 6.42 Å². The predicted octanol–water partition coefficient (Wildman–Crippen LogP) is -1.07. The third-order valence-corrected chi connectivity index (χ3v) is 0.675. The van der Waals surface area contributed by atoms with E-state index in [1.165, 1.54) is 12.8 Å². The van der Waals surface area contributed by atoms with Crippen LogP contribution in [-0.4, -0.2) is 0 Å². The van der Waals surface area contributed by atoms with E-state index in [0.29, 0.717) is 0 Å². The molecule has 0 aliphatic rings. The van der Waals surface area contributed by atoms with Crippen LogP contribution in [0.5, 0.6) is 0 Å². The van der Waals surface area contributed by atoms with Gasteiger partial charge >= 0.3 is 18.9 Å². The third-order valence-electron chi connectivity index (χ3n) is 0.675. The minimum atomic E-state index is 0. The van der Waals surface area contributed by atoms with E-state index in [0.717, 1.165) is 6.42 Å². The fourth-order valence-electron chi connectivity index (χ4n) is 0.279. The van der Waals surface area contributed by atoms with Gasteiger partial charge in [-0.2, -0.15) is 0 Å². The topological polar surface area (TPSA) is 0 Å². The molecule has 0 radical (unpaired) electrons. The molecule has 36 valence electrons. The zero-order valence-electron chi connectivity index (χ0n) is 6.20. The molecule has 0 bridgehead atoms. The van der Waals surface area contributed by atoms with Crippen LogP contribution in [0.15, 0.2) is 0 Å². The Morgan fingerprint density at radius 2 is 2.29 bits per heavy atom. The summed E-state index contributed by atoms with van der Waals surface area (Å²) in [4.78, 5) is 0. The molecule has 0 heterocycles. The predicted molar refractivity (Wildman–Crippen MR) is 29.5 cm³/mol. The van der Waals surface area contributed by atoms with Gasteiger partial charge in [0.05, 0.1) is 0 Å². The Morgan fingerprint density at radius 1 is 1.71 bits per heavy atom. The maximum absolute atomic E-state index is 4.96. The Morgan fingerprint density at radius 3 is 2.43 bits per heavy atom. The van der Waals surface area contributed by atoms with Crippen molar-refractivity contribution in [1.29, 1.82) is 0 Å². The Kier molecular flexibility index (Phi) is 13.8. The largest absolute Gasteiger partial charge is 1.00 e. The van der Waals surface area contributed by atoms with Crippen molar-refractivity contribution in [2.75, 3.05) is 0 Å². The summed E-state index contributed by atoms with van der Waals surface area (Å²) in [6.45, 7) is 2.14. The van der Waals surface area contributed by atoms with Gasteiger partial charge < -0.3 is 1.43 Å². The Labute approximate surface area is 59.3 Å². The SMILES string of the molecule is C#CCCCC.[H-].[Li+]. The summed E-state index contributed by atoms with van der Waals surface area (Å²) >= 11 is 0. The summed E-state index contributed by atoms with van der Waals surface area (Å²) in [5.41, 5.74) is 0. The molecule has 0 aromatic rings. The zero-order valence-corrected chi connectivity index (χ0v) is 5.20. The van der Waals surface area contributed by atoms with Gasteiger partial charge in [-0.05, 0) is 6.42 Å². The molecule has 0 atom stereocenters. The van der Waals surface area contributed by atoms with Crippen molar-refractivity contribution in [1.82, 2.24) is 0 Å². The molecule has 0 aliphatic carbocycles. The van der Waals surface area contributed by atoms with Crippen LogP contribution in [0, 0.1) is 12.3 Å². The number of rotatable bonds is 2. The summed E-state index contributed by atoms with van der Waals surface area (Å²) in [5, 5.41) is 0. The van der Waals surface area contributed by atoms with Gasteiger partial charge in [-0.3, -0.25) is 0 Å². The first-order valence-electron chi connectivity index (χ1n) is 2.35. The molecule has 0 saturated carbocycles. The second-order valence-electron chi connectivity index (χ2n) is 1.31. The van der Waals surface area contributed by atoms with E-state index in [2.05, 4.69) is 12.8 Å². The van der Waals surface area contributed by atoms with Gasteiger partial charge in [-0.15, -0.1) is 12.3 Å². The standard InChI is InChI=1S/C6H10.Li.H/c1-3-5-6-4-2;;/h1H,4-6H2,2H3;;/q;+1;-1. The second-order valence-corrected chi connectivity index (χ2v) is 1.31. The Bertz CT molecular complexity index is 56.0. The zero-order chi connectivity index (χ0) is 4.83. The summed E-state index contributed by atoms with van der Waals surface area (Å²) in [6.07, 6.45) is 8.30.